The lowest BCUT2D eigenvalue weighted by molar-refractivity contribution is -0.191. The normalized spacial score (nSPS) is 10.6. The quantitative estimate of drug-likeness (QED) is 0.475. The fourth-order valence-corrected chi connectivity index (χ4v) is 3.37. The number of carbonyl (C=O) groups excluding carboxylic acids is 2. The van der Waals surface area contributed by atoms with Gasteiger partial charge in [-0.15, -0.1) is 5.10 Å². The molecule has 0 fully saturated rings. The SMILES string of the molecule is Cc1c(-c2cc(-c3cccc(C#N)c3)nc(N)n2)nnn1Cc1cccc(C(C)(C)C)n1.O=C=O. The molecule has 0 bridgehead atoms. The minimum absolute atomic E-state index is 0.0314. The number of rotatable bonds is 4. The van der Waals surface area contributed by atoms with Gasteiger partial charge in [-0.2, -0.15) is 14.9 Å². The number of nitrogens with zero attached hydrogens (tertiary/aromatic N) is 7. The fourth-order valence-electron chi connectivity index (χ4n) is 3.37. The predicted octanol–water partition coefficient (Wildman–Crippen LogP) is 3.32. The van der Waals surface area contributed by atoms with Crippen molar-refractivity contribution in [1.29, 1.82) is 5.26 Å². The van der Waals surface area contributed by atoms with E-state index in [1.54, 1.807) is 16.8 Å². The molecule has 176 valence electrons. The number of nitrogens with two attached hydrogens (primary N) is 1. The van der Waals surface area contributed by atoms with Gasteiger partial charge in [-0.1, -0.05) is 44.2 Å². The van der Waals surface area contributed by atoms with Crippen molar-refractivity contribution < 1.29 is 9.59 Å². The third-order valence-electron chi connectivity index (χ3n) is 5.14. The minimum Gasteiger partial charge on any atom is -0.368 e. The van der Waals surface area contributed by atoms with Gasteiger partial charge in [-0.3, -0.25) is 4.98 Å². The fraction of sp³-hybridized carbons (Fsp3) is 0.240. The number of benzene rings is 1. The first-order chi connectivity index (χ1) is 16.7. The molecule has 4 rings (SSSR count). The molecule has 0 unspecified atom stereocenters. The first kappa shape index (κ1) is 24.9. The molecule has 0 radical (unpaired) electrons. The second-order valence-corrected chi connectivity index (χ2v) is 8.72. The molecule has 2 N–H and O–H groups in total. The van der Waals surface area contributed by atoms with E-state index in [1.165, 1.54) is 0 Å². The number of hydrogen-bond acceptors (Lipinski definition) is 9. The van der Waals surface area contributed by atoms with Crippen LogP contribution in [0.2, 0.25) is 0 Å². The zero-order valence-corrected chi connectivity index (χ0v) is 19.9. The number of aromatic nitrogens is 6. The lowest BCUT2D eigenvalue weighted by atomic mass is 9.91. The minimum atomic E-state index is -0.0314. The van der Waals surface area contributed by atoms with E-state index in [4.69, 9.17) is 20.3 Å². The van der Waals surface area contributed by atoms with Gasteiger partial charge in [0.15, 0.2) is 0 Å². The molecule has 10 heteroatoms. The van der Waals surface area contributed by atoms with Crippen LogP contribution in [0.25, 0.3) is 22.6 Å². The van der Waals surface area contributed by atoms with Gasteiger partial charge in [-0.05, 0) is 37.3 Å². The van der Waals surface area contributed by atoms with E-state index < -0.39 is 0 Å². The van der Waals surface area contributed by atoms with Gasteiger partial charge in [0.25, 0.3) is 0 Å². The van der Waals surface area contributed by atoms with E-state index >= 15 is 0 Å². The Morgan fingerprint density at radius 1 is 1.00 bits per heavy atom. The molecule has 0 aliphatic heterocycles. The van der Waals surface area contributed by atoms with Gasteiger partial charge in [0.1, 0.15) is 5.69 Å². The average Bonchev–Trinajstić information content (AvgIpc) is 3.19. The van der Waals surface area contributed by atoms with Crippen LogP contribution in [-0.4, -0.2) is 36.1 Å². The lowest BCUT2D eigenvalue weighted by Crippen LogP contribution is -2.15. The molecule has 1 aromatic carbocycles. The molecule has 0 saturated heterocycles. The number of hydrogen-bond donors (Lipinski definition) is 1. The van der Waals surface area contributed by atoms with Crippen molar-refractivity contribution in [1.82, 2.24) is 29.9 Å². The number of nitrogen functional groups attached to an aromatic ring is 1. The van der Waals surface area contributed by atoms with E-state index in [9.17, 15) is 5.26 Å². The Morgan fingerprint density at radius 3 is 2.37 bits per heavy atom. The van der Waals surface area contributed by atoms with Crippen LogP contribution in [0.5, 0.6) is 0 Å². The van der Waals surface area contributed by atoms with Crippen molar-refractivity contribution in [3.63, 3.8) is 0 Å². The number of nitriles is 1. The Hall–Kier alpha value is -4.74. The Balaban J connectivity index is 0.00000108. The monoisotopic (exact) mass is 468 g/mol. The molecule has 0 amide bonds. The van der Waals surface area contributed by atoms with Crippen molar-refractivity contribution in [2.24, 2.45) is 0 Å². The van der Waals surface area contributed by atoms with Crippen LogP contribution in [0, 0.1) is 18.3 Å². The van der Waals surface area contributed by atoms with Gasteiger partial charge < -0.3 is 5.73 Å². The second kappa shape index (κ2) is 10.5. The summed E-state index contributed by atoms with van der Waals surface area (Å²) in [7, 11) is 0. The summed E-state index contributed by atoms with van der Waals surface area (Å²) in [4.78, 5) is 29.7. The van der Waals surface area contributed by atoms with Gasteiger partial charge in [0, 0.05) is 16.7 Å². The molecule has 0 aliphatic rings. The van der Waals surface area contributed by atoms with Crippen LogP contribution in [0.15, 0.2) is 48.5 Å². The summed E-state index contributed by atoms with van der Waals surface area (Å²) in [6.07, 6.45) is 0.250. The zero-order valence-electron chi connectivity index (χ0n) is 19.9. The van der Waals surface area contributed by atoms with Crippen molar-refractivity contribution >= 4 is 12.1 Å². The van der Waals surface area contributed by atoms with Gasteiger partial charge in [0.05, 0.1) is 41.0 Å². The van der Waals surface area contributed by atoms with Crippen molar-refractivity contribution in [2.75, 3.05) is 5.73 Å². The van der Waals surface area contributed by atoms with Crippen molar-refractivity contribution in [3.05, 3.63) is 71.2 Å². The largest absolute Gasteiger partial charge is 0.373 e. The van der Waals surface area contributed by atoms with Crippen LogP contribution in [0.4, 0.5) is 5.95 Å². The lowest BCUT2D eigenvalue weighted by Gasteiger charge is -2.18. The molecule has 3 aromatic heterocycles. The van der Waals surface area contributed by atoms with Crippen LogP contribution >= 0.6 is 0 Å². The Kier molecular flexibility index (Phi) is 7.44. The molecule has 4 aromatic rings. The van der Waals surface area contributed by atoms with E-state index in [1.807, 2.05) is 43.3 Å². The molecular weight excluding hydrogens is 444 g/mol. The van der Waals surface area contributed by atoms with E-state index in [0.717, 1.165) is 22.6 Å². The van der Waals surface area contributed by atoms with Crippen molar-refractivity contribution in [3.8, 4) is 28.7 Å². The second-order valence-electron chi connectivity index (χ2n) is 8.72. The van der Waals surface area contributed by atoms with Crippen molar-refractivity contribution in [2.45, 2.75) is 39.7 Å². The van der Waals surface area contributed by atoms with E-state index in [-0.39, 0.29) is 17.5 Å². The van der Waals surface area contributed by atoms with Gasteiger partial charge in [0.2, 0.25) is 5.95 Å². The predicted molar refractivity (Wildman–Crippen MR) is 127 cm³/mol. The smallest absolute Gasteiger partial charge is 0.368 e. The molecule has 35 heavy (non-hydrogen) atoms. The maximum atomic E-state index is 9.18. The number of anilines is 1. The van der Waals surface area contributed by atoms with Gasteiger partial charge in [-0.25, -0.2) is 14.6 Å². The molecule has 10 nitrogen and oxygen atoms in total. The molecule has 0 atom stereocenters. The Bertz CT molecular complexity index is 1420. The molecule has 0 saturated carbocycles. The summed E-state index contributed by atoms with van der Waals surface area (Å²) in [6.45, 7) is 8.86. The maximum Gasteiger partial charge on any atom is 0.373 e. The number of pyridine rings is 1. The summed E-state index contributed by atoms with van der Waals surface area (Å²) in [5, 5.41) is 17.9. The Morgan fingerprint density at radius 2 is 1.69 bits per heavy atom. The summed E-state index contributed by atoms with van der Waals surface area (Å²) in [5.74, 6) is 0.133. The van der Waals surface area contributed by atoms with Crippen LogP contribution in [-0.2, 0) is 21.5 Å². The summed E-state index contributed by atoms with van der Waals surface area (Å²) >= 11 is 0. The Labute approximate surface area is 202 Å². The van der Waals surface area contributed by atoms with E-state index in [0.29, 0.717) is 29.2 Å². The average molecular weight is 469 g/mol. The van der Waals surface area contributed by atoms with E-state index in [2.05, 4.69) is 47.1 Å². The first-order valence-corrected chi connectivity index (χ1v) is 10.7. The standard InChI is InChI=1S/C24H24N8.CO2/c1-15-22(30-31-32(15)14-18-9-6-10-21(27-18)24(2,3)4)20-12-19(28-23(26)29-20)17-8-5-7-16(11-17)13-25;2-1-3/h5-12H,14H2,1-4H3,(H2,26,28,29);. The van der Waals surface area contributed by atoms with Gasteiger partial charge >= 0.3 is 6.15 Å². The molecule has 0 spiro atoms. The molecule has 0 aliphatic carbocycles. The summed E-state index contributed by atoms with van der Waals surface area (Å²) in [6, 6.07) is 17.2. The van der Waals surface area contributed by atoms with Crippen LogP contribution in [0.1, 0.15) is 43.4 Å². The maximum absolute atomic E-state index is 9.18. The molecule has 3 heterocycles. The summed E-state index contributed by atoms with van der Waals surface area (Å²) < 4.78 is 1.80. The molecular formula is C25H24N8O2. The zero-order chi connectivity index (χ0) is 25.6. The summed E-state index contributed by atoms with van der Waals surface area (Å²) in [5.41, 5.74) is 11.9. The first-order valence-electron chi connectivity index (χ1n) is 10.7. The highest BCUT2D eigenvalue weighted by molar-refractivity contribution is 5.69. The topological polar surface area (TPSA) is 153 Å². The third-order valence-corrected chi connectivity index (χ3v) is 5.14. The third kappa shape index (κ3) is 5.99. The highest BCUT2D eigenvalue weighted by Gasteiger charge is 2.18. The van der Waals surface area contributed by atoms with Crippen LogP contribution < -0.4 is 5.73 Å². The highest BCUT2D eigenvalue weighted by atomic mass is 16.2. The van der Waals surface area contributed by atoms with Crippen LogP contribution in [0.3, 0.4) is 0 Å². The highest BCUT2D eigenvalue weighted by Crippen LogP contribution is 2.26.